The minimum atomic E-state index is -0.214. The second-order valence-electron chi connectivity index (χ2n) is 4.97. The Labute approximate surface area is 127 Å². The highest BCUT2D eigenvalue weighted by atomic mass is 16.5. The Kier molecular flexibility index (Phi) is 8.00. The summed E-state index contributed by atoms with van der Waals surface area (Å²) in [6, 6.07) is 8.27. The first kappa shape index (κ1) is 17.1. The first-order chi connectivity index (χ1) is 10.2. The van der Waals surface area contributed by atoms with Crippen molar-refractivity contribution in [3.8, 4) is 18.1 Å². The summed E-state index contributed by atoms with van der Waals surface area (Å²) in [5.41, 5.74) is 1.25. The molecule has 21 heavy (non-hydrogen) atoms. The molecular weight excluding hydrogens is 264 g/mol. The van der Waals surface area contributed by atoms with Gasteiger partial charge >= 0.3 is 0 Å². The van der Waals surface area contributed by atoms with Crippen LogP contribution in [0.4, 0.5) is 0 Å². The lowest BCUT2D eigenvalue weighted by Gasteiger charge is -2.13. The highest BCUT2D eigenvalue weighted by Crippen LogP contribution is 2.13. The van der Waals surface area contributed by atoms with Crippen molar-refractivity contribution in [3.63, 3.8) is 0 Å². The van der Waals surface area contributed by atoms with Gasteiger partial charge in [0.05, 0.1) is 6.54 Å². The van der Waals surface area contributed by atoms with Crippen LogP contribution in [0, 0.1) is 12.3 Å². The second kappa shape index (κ2) is 9.84. The molecule has 1 atom stereocenters. The van der Waals surface area contributed by atoms with Crippen molar-refractivity contribution in [1.29, 1.82) is 0 Å². The average Bonchev–Trinajstić information content (AvgIpc) is 2.50. The van der Waals surface area contributed by atoms with Crippen LogP contribution in [0.3, 0.4) is 0 Å². The van der Waals surface area contributed by atoms with Crippen molar-refractivity contribution in [3.05, 3.63) is 29.8 Å². The number of nitrogens with one attached hydrogen (secondary N) is 2. The summed E-state index contributed by atoms with van der Waals surface area (Å²) in [6.45, 7) is 5.58. The van der Waals surface area contributed by atoms with E-state index in [1.807, 2.05) is 24.3 Å². The van der Waals surface area contributed by atoms with Crippen LogP contribution in [0.15, 0.2) is 24.3 Å². The van der Waals surface area contributed by atoms with Gasteiger partial charge in [-0.2, -0.15) is 0 Å². The molecule has 2 N–H and O–H groups in total. The molecule has 1 amide bonds. The Hall–Kier alpha value is -1.99. The molecule has 0 heterocycles. The van der Waals surface area contributed by atoms with Gasteiger partial charge in [-0.1, -0.05) is 25.0 Å². The third-order valence-electron chi connectivity index (χ3n) is 2.97. The van der Waals surface area contributed by atoms with Crippen LogP contribution in [-0.4, -0.2) is 31.6 Å². The maximum Gasteiger partial charge on any atom is 0.258 e. The van der Waals surface area contributed by atoms with Crippen LogP contribution in [0.5, 0.6) is 5.75 Å². The topological polar surface area (TPSA) is 50.4 Å². The second-order valence-corrected chi connectivity index (χ2v) is 4.97. The summed E-state index contributed by atoms with van der Waals surface area (Å²) < 4.78 is 5.39. The molecule has 1 rings (SSSR count). The monoisotopic (exact) mass is 288 g/mol. The van der Waals surface area contributed by atoms with E-state index in [0.29, 0.717) is 11.8 Å². The number of benzene rings is 1. The minimum Gasteiger partial charge on any atom is -0.484 e. The van der Waals surface area contributed by atoms with Crippen molar-refractivity contribution in [2.45, 2.75) is 32.7 Å². The van der Waals surface area contributed by atoms with Gasteiger partial charge in [0.2, 0.25) is 0 Å². The Balaban J connectivity index is 2.36. The zero-order valence-electron chi connectivity index (χ0n) is 12.8. The molecule has 0 aliphatic rings. The van der Waals surface area contributed by atoms with Crippen LogP contribution in [0.25, 0.3) is 0 Å². The highest BCUT2D eigenvalue weighted by Gasteiger charge is 2.04. The molecule has 1 unspecified atom stereocenters. The van der Waals surface area contributed by atoms with Crippen molar-refractivity contribution < 1.29 is 9.53 Å². The number of carbonyl (C=O) groups excluding carboxylic acids is 1. The molecule has 0 radical (unpaired) electrons. The molecular formula is C17H24N2O2. The highest BCUT2D eigenvalue weighted by molar-refractivity contribution is 5.77. The van der Waals surface area contributed by atoms with E-state index in [4.69, 9.17) is 11.2 Å². The molecule has 0 fully saturated rings. The lowest BCUT2D eigenvalue weighted by molar-refractivity contribution is -0.122. The van der Waals surface area contributed by atoms with Gasteiger partial charge < -0.3 is 15.4 Å². The van der Waals surface area contributed by atoms with E-state index in [1.165, 1.54) is 5.56 Å². The minimum absolute atomic E-state index is 0.0184. The molecule has 0 saturated heterocycles. The summed E-state index contributed by atoms with van der Waals surface area (Å²) in [5.74, 6) is 2.81. The van der Waals surface area contributed by atoms with E-state index in [2.05, 4.69) is 30.4 Å². The molecule has 0 aliphatic carbocycles. The Morgan fingerprint density at radius 1 is 1.38 bits per heavy atom. The Morgan fingerprint density at radius 2 is 2.10 bits per heavy atom. The van der Waals surface area contributed by atoms with Crippen LogP contribution in [0.1, 0.15) is 25.8 Å². The Morgan fingerprint density at radius 3 is 2.71 bits per heavy atom. The number of ether oxygens (including phenoxy) is 1. The summed E-state index contributed by atoms with van der Waals surface area (Å²) in [7, 11) is 0. The Bertz CT molecular complexity index is 463. The molecule has 0 saturated carbocycles. The predicted octanol–water partition coefficient (Wildman–Crippen LogP) is 1.75. The van der Waals surface area contributed by atoms with E-state index >= 15 is 0 Å². The normalized spacial score (nSPS) is 11.5. The van der Waals surface area contributed by atoms with Crippen LogP contribution in [-0.2, 0) is 11.2 Å². The van der Waals surface area contributed by atoms with Crippen molar-refractivity contribution in [2.75, 3.05) is 19.7 Å². The largest absolute Gasteiger partial charge is 0.484 e. The van der Waals surface area contributed by atoms with E-state index < -0.39 is 0 Å². The van der Waals surface area contributed by atoms with Crippen LogP contribution < -0.4 is 15.4 Å². The first-order valence-corrected chi connectivity index (χ1v) is 7.31. The lowest BCUT2D eigenvalue weighted by atomic mass is 10.1. The lowest BCUT2D eigenvalue weighted by Crippen LogP contribution is -2.29. The van der Waals surface area contributed by atoms with Gasteiger partial charge in [-0.25, -0.2) is 0 Å². The van der Waals surface area contributed by atoms with Gasteiger partial charge in [0.1, 0.15) is 5.75 Å². The summed E-state index contributed by atoms with van der Waals surface area (Å²) in [5, 5.41) is 6.01. The number of rotatable bonds is 9. The molecule has 0 aromatic heterocycles. The number of amides is 1. The zero-order valence-corrected chi connectivity index (χ0v) is 12.8. The van der Waals surface area contributed by atoms with Crippen molar-refractivity contribution in [2.24, 2.45) is 0 Å². The van der Waals surface area contributed by atoms with Gasteiger partial charge in [-0.05, 0) is 44.0 Å². The molecule has 0 aliphatic heterocycles. The SMILES string of the molecule is C#CCNC(=O)COc1ccc(CC(C)NCCC)cc1. The number of hydrogen-bond acceptors (Lipinski definition) is 3. The molecule has 4 nitrogen and oxygen atoms in total. The summed E-state index contributed by atoms with van der Waals surface area (Å²) in [4.78, 5) is 11.3. The standard InChI is InChI=1S/C17H24N2O2/c1-4-10-18-14(3)12-15-6-8-16(9-7-15)21-13-17(20)19-11-5-2/h2,6-9,14,18H,4,10-13H2,1,3H3,(H,19,20). The maximum absolute atomic E-state index is 11.3. The van der Waals surface area contributed by atoms with E-state index in [9.17, 15) is 4.79 Å². The van der Waals surface area contributed by atoms with E-state index in [-0.39, 0.29) is 19.1 Å². The fraction of sp³-hybridized carbons (Fsp3) is 0.471. The third-order valence-corrected chi connectivity index (χ3v) is 2.97. The third kappa shape index (κ3) is 7.38. The van der Waals surface area contributed by atoms with E-state index in [0.717, 1.165) is 19.4 Å². The molecule has 114 valence electrons. The number of terminal acetylenes is 1. The molecule has 1 aromatic carbocycles. The molecule has 0 spiro atoms. The average molecular weight is 288 g/mol. The molecule has 4 heteroatoms. The van der Waals surface area contributed by atoms with Crippen molar-refractivity contribution in [1.82, 2.24) is 10.6 Å². The van der Waals surface area contributed by atoms with Gasteiger partial charge in [-0.15, -0.1) is 6.42 Å². The zero-order chi connectivity index (χ0) is 15.5. The van der Waals surface area contributed by atoms with Gasteiger partial charge in [0.25, 0.3) is 5.91 Å². The van der Waals surface area contributed by atoms with Gasteiger partial charge in [-0.3, -0.25) is 4.79 Å². The smallest absolute Gasteiger partial charge is 0.258 e. The molecule has 0 bridgehead atoms. The fourth-order valence-corrected chi connectivity index (χ4v) is 1.89. The van der Waals surface area contributed by atoms with Crippen LogP contribution >= 0.6 is 0 Å². The van der Waals surface area contributed by atoms with Gasteiger partial charge in [0, 0.05) is 6.04 Å². The maximum atomic E-state index is 11.3. The number of carbonyl (C=O) groups is 1. The van der Waals surface area contributed by atoms with Gasteiger partial charge in [0.15, 0.2) is 6.61 Å². The van der Waals surface area contributed by atoms with Crippen molar-refractivity contribution >= 4 is 5.91 Å². The first-order valence-electron chi connectivity index (χ1n) is 7.31. The summed E-state index contributed by atoms with van der Waals surface area (Å²) >= 11 is 0. The van der Waals surface area contributed by atoms with Crippen LogP contribution in [0.2, 0.25) is 0 Å². The molecule has 1 aromatic rings. The fourth-order valence-electron chi connectivity index (χ4n) is 1.89. The number of hydrogen-bond donors (Lipinski definition) is 2. The quantitative estimate of drug-likeness (QED) is 0.681. The predicted molar refractivity (Wildman–Crippen MR) is 85.2 cm³/mol. The van der Waals surface area contributed by atoms with E-state index in [1.54, 1.807) is 0 Å². The summed E-state index contributed by atoms with van der Waals surface area (Å²) in [6.07, 6.45) is 7.17.